The molecule has 1 atom stereocenters. The Morgan fingerprint density at radius 3 is 2.50 bits per heavy atom. The van der Waals surface area contributed by atoms with Crippen LogP contribution in [0.1, 0.15) is 56.4 Å². The smallest absolute Gasteiger partial charge is 0.119 e. The molecule has 0 bridgehead atoms. The molecule has 1 unspecified atom stereocenters. The second-order valence-corrected chi connectivity index (χ2v) is 6.53. The molecule has 118 valence electrons. The molecular weight excluding hydrogens is 276 g/mol. The zero-order valence-corrected chi connectivity index (χ0v) is 13.5. The number of benzene rings is 1. The van der Waals surface area contributed by atoms with Gasteiger partial charge >= 0.3 is 0 Å². The van der Waals surface area contributed by atoms with Crippen LogP contribution >= 0.6 is 0 Å². The Hall–Kier alpha value is -1.81. The van der Waals surface area contributed by atoms with Crippen molar-refractivity contribution in [1.29, 1.82) is 0 Å². The lowest BCUT2D eigenvalue weighted by molar-refractivity contribution is 0.150. The minimum atomic E-state index is -0.428. The molecule has 0 amide bonds. The summed E-state index contributed by atoms with van der Waals surface area (Å²) in [5, 5.41) is 15.3. The minimum absolute atomic E-state index is 0.428. The SMILES string of the molecule is COc1ccc(-n2cc(C(O)CC(C)C)c(C3CC3)n2)cc1. The van der Waals surface area contributed by atoms with Crippen LogP contribution in [0.2, 0.25) is 0 Å². The Morgan fingerprint density at radius 1 is 1.27 bits per heavy atom. The molecule has 0 saturated heterocycles. The molecule has 1 fully saturated rings. The minimum Gasteiger partial charge on any atom is -0.497 e. The van der Waals surface area contributed by atoms with Crippen LogP contribution in [-0.2, 0) is 0 Å². The average molecular weight is 300 g/mol. The Morgan fingerprint density at radius 2 is 1.95 bits per heavy atom. The van der Waals surface area contributed by atoms with Gasteiger partial charge in [-0.2, -0.15) is 5.10 Å². The Kier molecular flexibility index (Phi) is 4.21. The van der Waals surface area contributed by atoms with Gasteiger partial charge in [0.05, 0.1) is 24.6 Å². The molecule has 1 heterocycles. The first-order valence-electron chi connectivity index (χ1n) is 8.00. The van der Waals surface area contributed by atoms with Crippen molar-refractivity contribution in [3.05, 3.63) is 41.7 Å². The summed E-state index contributed by atoms with van der Waals surface area (Å²) >= 11 is 0. The number of rotatable bonds is 6. The summed E-state index contributed by atoms with van der Waals surface area (Å²) in [7, 11) is 1.66. The summed E-state index contributed by atoms with van der Waals surface area (Å²) in [6.07, 6.45) is 4.70. The predicted molar refractivity (Wildman–Crippen MR) is 86.5 cm³/mol. The van der Waals surface area contributed by atoms with E-state index >= 15 is 0 Å². The van der Waals surface area contributed by atoms with Gasteiger partial charge < -0.3 is 9.84 Å². The van der Waals surface area contributed by atoms with E-state index in [1.807, 2.05) is 35.1 Å². The lowest BCUT2D eigenvalue weighted by Gasteiger charge is -2.12. The second-order valence-electron chi connectivity index (χ2n) is 6.53. The normalized spacial score (nSPS) is 16.0. The van der Waals surface area contributed by atoms with Gasteiger partial charge in [0.1, 0.15) is 5.75 Å². The molecule has 0 spiro atoms. The van der Waals surface area contributed by atoms with Crippen LogP contribution in [0.5, 0.6) is 5.75 Å². The van der Waals surface area contributed by atoms with Crippen molar-refractivity contribution in [3.63, 3.8) is 0 Å². The zero-order chi connectivity index (χ0) is 15.7. The lowest BCUT2D eigenvalue weighted by Crippen LogP contribution is -2.03. The monoisotopic (exact) mass is 300 g/mol. The summed E-state index contributed by atoms with van der Waals surface area (Å²) in [4.78, 5) is 0. The molecule has 2 aromatic rings. The third-order valence-electron chi connectivity index (χ3n) is 4.13. The Bertz CT molecular complexity index is 627. The maximum absolute atomic E-state index is 10.5. The van der Waals surface area contributed by atoms with Crippen molar-refractivity contribution in [1.82, 2.24) is 9.78 Å². The molecule has 1 aliphatic carbocycles. The predicted octanol–water partition coefficient (Wildman–Crippen LogP) is 3.84. The van der Waals surface area contributed by atoms with Gasteiger partial charge in [0.25, 0.3) is 0 Å². The van der Waals surface area contributed by atoms with Crippen molar-refractivity contribution in [3.8, 4) is 11.4 Å². The van der Waals surface area contributed by atoms with Crippen molar-refractivity contribution in [2.45, 2.75) is 45.1 Å². The first-order valence-corrected chi connectivity index (χ1v) is 8.00. The largest absolute Gasteiger partial charge is 0.497 e. The number of nitrogens with zero attached hydrogens (tertiary/aromatic N) is 2. The second kappa shape index (κ2) is 6.13. The summed E-state index contributed by atoms with van der Waals surface area (Å²) < 4.78 is 7.08. The van der Waals surface area contributed by atoms with Gasteiger partial charge in [-0.1, -0.05) is 13.8 Å². The lowest BCUT2D eigenvalue weighted by atomic mass is 9.99. The van der Waals surface area contributed by atoms with Gasteiger partial charge in [0.15, 0.2) is 0 Å². The van der Waals surface area contributed by atoms with Gasteiger partial charge in [0.2, 0.25) is 0 Å². The highest BCUT2D eigenvalue weighted by molar-refractivity contribution is 5.39. The van der Waals surface area contributed by atoms with Crippen molar-refractivity contribution in [2.24, 2.45) is 5.92 Å². The van der Waals surface area contributed by atoms with Gasteiger partial charge in [-0.15, -0.1) is 0 Å². The van der Waals surface area contributed by atoms with E-state index in [9.17, 15) is 5.11 Å². The molecule has 1 aromatic heterocycles. The van der Waals surface area contributed by atoms with Crippen LogP contribution in [0.25, 0.3) is 5.69 Å². The highest BCUT2D eigenvalue weighted by atomic mass is 16.5. The fourth-order valence-corrected chi connectivity index (χ4v) is 2.77. The van der Waals surface area contributed by atoms with Crippen LogP contribution in [0.3, 0.4) is 0 Å². The van der Waals surface area contributed by atoms with E-state index in [4.69, 9.17) is 9.84 Å². The van der Waals surface area contributed by atoms with E-state index in [2.05, 4.69) is 13.8 Å². The maximum atomic E-state index is 10.5. The molecular formula is C18H24N2O2. The van der Waals surface area contributed by atoms with E-state index < -0.39 is 6.10 Å². The number of aliphatic hydroxyl groups excluding tert-OH is 1. The van der Waals surface area contributed by atoms with Crippen molar-refractivity contribution < 1.29 is 9.84 Å². The van der Waals surface area contributed by atoms with Crippen LogP contribution < -0.4 is 4.74 Å². The summed E-state index contributed by atoms with van der Waals surface area (Å²) in [6.45, 7) is 4.27. The van der Waals surface area contributed by atoms with E-state index in [1.165, 1.54) is 12.8 Å². The van der Waals surface area contributed by atoms with Crippen molar-refractivity contribution in [2.75, 3.05) is 7.11 Å². The van der Waals surface area contributed by atoms with Crippen LogP contribution in [0, 0.1) is 5.92 Å². The van der Waals surface area contributed by atoms with Gasteiger partial charge in [-0.25, -0.2) is 4.68 Å². The first kappa shape index (κ1) is 15.1. The van der Waals surface area contributed by atoms with Gasteiger partial charge in [-0.3, -0.25) is 0 Å². The van der Waals surface area contributed by atoms with E-state index in [-0.39, 0.29) is 0 Å². The molecule has 4 heteroatoms. The summed E-state index contributed by atoms with van der Waals surface area (Å²) in [6, 6.07) is 7.83. The molecule has 1 aliphatic rings. The number of hydrogen-bond donors (Lipinski definition) is 1. The molecule has 0 aliphatic heterocycles. The number of methoxy groups -OCH3 is 1. The van der Waals surface area contributed by atoms with Crippen molar-refractivity contribution >= 4 is 0 Å². The third-order valence-corrected chi connectivity index (χ3v) is 4.13. The molecule has 3 rings (SSSR count). The highest BCUT2D eigenvalue weighted by Gasteiger charge is 2.31. The molecule has 1 aromatic carbocycles. The standard InChI is InChI=1S/C18H24N2O2/c1-12(2)10-17(21)16-11-20(19-18(16)13-4-5-13)14-6-8-15(22-3)9-7-14/h6-9,11-13,17,21H,4-5,10H2,1-3H3. The average Bonchev–Trinajstić information content (AvgIpc) is 3.25. The van der Waals surface area contributed by atoms with E-state index in [0.29, 0.717) is 11.8 Å². The third kappa shape index (κ3) is 3.17. The molecule has 0 radical (unpaired) electrons. The molecule has 4 nitrogen and oxygen atoms in total. The van der Waals surface area contributed by atoms with Crippen LogP contribution in [-0.4, -0.2) is 22.0 Å². The van der Waals surface area contributed by atoms with E-state index in [1.54, 1.807) is 7.11 Å². The van der Waals surface area contributed by atoms with E-state index in [0.717, 1.165) is 29.1 Å². The Balaban J connectivity index is 1.91. The fourth-order valence-electron chi connectivity index (χ4n) is 2.77. The van der Waals surface area contributed by atoms with Gasteiger partial charge in [0, 0.05) is 17.7 Å². The number of ether oxygens (including phenoxy) is 1. The topological polar surface area (TPSA) is 47.3 Å². The highest BCUT2D eigenvalue weighted by Crippen LogP contribution is 2.43. The maximum Gasteiger partial charge on any atom is 0.119 e. The first-order chi connectivity index (χ1) is 10.6. The molecule has 22 heavy (non-hydrogen) atoms. The number of aliphatic hydroxyl groups is 1. The van der Waals surface area contributed by atoms with Crippen LogP contribution in [0.4, 0.5) is 0 Å². The Labute approximate surface area is 131 Å². The molecule has 1 N–H and O–H groups in total. The fraction of sp³-hybridized carbons (Fsp3) is 0.500. The molecule has 1 saturated carbocycles. The van der Waals surface area contributed by atoms with Crippen LogP contribution in [0.15, 0.2) is 30.5 Å². The quantitative estimate of drug-likeness (QED) is 0.881. The number of aromatic nitrogens is 2. The summed E-state index contributed by atoms with van der Waals surface area (Å²) in [5.74, 6) is 1.82. The van der Waals surface area contributed by atoms with Gasteiger partial charge in [-0.05, 0) is 49.4 Å². The summed E-state index contributed by atoms with van der Waals surface area (Å²) in [5.41, 5.74) is 3.06. The zero-order valence-electron chi connectivity index (χ0n) is 13.5. The number of hydrogen-bond acceptors (Lipinski definition) is 3.